The molecule has 1 aromatic rings. The molecule has 1 aliphatic carbocycles. The number of aromatic nitrogens is 2. The van der Waals surface area contributed by atoms with E-state index in [0.29, 0.717) is 5.92 Å². The second-order valence-electron chi connectivity index (χ2n) is 5.79. The highest BCUT2D eigenvalue weighted by atomic mass is 16.4. The van der Waals surface area contributed by atoms with Gasteiger partial charge in [-0.15, -0.1) is 0 Å². The first-order chi connectivity index (χ1) is 9.70. The third-order valence-corrected chi connectivity index (χ3v) is 4.24. The summed E-state index contributed by atoms with van der Waals surface area (Å²) in [4.78, 5) is 19.9. The standard InChI is InChI=1S/C16H24N2O2/c1-2-3-4-5-12-10-17-15(18-11-12)13-6-8-14(9-7-13)16(19)20/h10-11,13-14H,2-9H2,1H3,(H,19,20)/t13-,14-. The van der Waals surface area contributed by atoms with E-state index in [2.05, 4.69) is 16.9 Å². The molecule has 1 aromatic heterocycles. The average Bonchev–Trinajstić information content (AvgIpc) is 2.48. The van der Waals surface area contributed by atoms with Gasteiger partial charge in [-0.05, 0) is 44.1 Å². The van der Waals surface area contributed by atoms with E-state index in [0.717, 1.165) is 37.9 Å². The molecule has 2 rings (SSSR count). The van der Waals surface area contributed by atoms with Gasteiger partial charge in [-0.3, -0.25) is 4.79 Å². The second kappa shape index (κ2) is 7.36. The van der Waals surface area contributed by atoms with Crippen molar-refractivity contribution in [3.05, 3.63) is 23.8 Å². The third kappa shape index (κ3) is 4.02. The Morgan fingerprint density at radius 3 is 2.40 bits per heavy atom. The fraction of sp³-hybridized carbons (Fsp3) is 0.688. The largest absolute Gasteiger partial charge is 0.481 e. The normalized spacial score (nSPS) is 22.6. The Morgan fingerprint density at radius 2 is 1.85 bits per heavy atom. The summed E-state index contributed by atoms with van der Waals surface area (Å²) < 4.78 is 0. The van der Waals surface area contributed by atoms with Crippen molar-refractivity contribution in [3.63, 3.8) is 0 Å². The molecular formula is C16H24N2O2. The SMILES string of the molecule is CCCCCc1cnc([C@H]2CC[C@H](C(=O)O)CC2)nc1. The lowest BCUT2D eigenvalue weighted by Crippen LogP contribution is -2.21. The van der Waals surface area contributed by atoms with Gasteiger partial charge >= 0.3 is 5.97 Å². The number of unbranched alkanes of at least 4 members (excludes halogenated alkanes) is 2. The Hall–Kier alpha value is -1.45. The van der Waals surface area contributed by atoms with Crippen LogP contribution in [0.5, 0.6) is 0 Å². The van der Waals surface area contributed by atoms with E-state index in [1.807, 2.05) is 12.4 Å². The van der Waals surface area contributed by atoms with E-state index < -0.39 is 5.97 Å². The van der Waals surface area contributed by atoms with Crippen LogP contribution in [0, 0.1) is 5.92 Å². The molecule has 0 spiro atoms. The van der Waals surface area contributed by atoms with E-state index in [-0.39, 0.29) is 5.92 Å². The molecule has 0 saturated heterocycles. The van der Waals surface area contributed by atoms with E-state index in [1.165, 1.54) is 24.8 Å². The second-order valence-corrected chi connectivity index (χ2v) is 5.79. The summed E-state index contributed by atoms with van der Waals surface area (Å²) in [6, 6.07) is 0. The van der Waals surface area contributed by atoms with E-state index in [1.54, 1.807) is 0 Å². The zero-order valence-electron chi connectivity index (χ0n) is 12.2. The first-order valence-corrected chi connectivity index (χ1v) is 7.74. The van der Waals surface area contributed by atoms with Crippen LogP contribution in [0.1, 0.15) is 69.2 Å². The highest BCUT2D eigenvalue weighted by Gasteiger charge is 2.27. The number of aliphatic carboxylic acids is 1. The van der Waals surface area contributed by atoms with Crippen molar-refractivity contribution in [2.45, 2.75) is 64.2 Å². The minimum atomic E-state index is -0.657. The third-order valence-electron chi connectivity index (χ3n) is 4.24. The summed E-state index contributed by atoms with van der Waals surface area (Å²) >= 11 is 0. The number of hydrogen-bond acceptors (Lipinski definition) is 3. The molecule has 0 aromatic carbocycles. The number of rotatable bonds is 6. The minimum Gasteiger partial charge on any atom is -0.481 e. The summed E-state index contributed by atoms with van der Waals surface area (Å²) in [6.45, 7) is 2.20. The van der Waals surface area contributed by atoms with Gasteiger partial charge in [0.25, 0.3) is 0 Å². The van der Waals surface area contributed by atoms with Crippen molar-refractivity contribution in [2.75, 3.05) is 0 Å². The lowest BCUT2D eigenvalue weighted by molar-refractivity contribution is -0.142. The summed E-state index contributed by atoms with van der Waals surface area (Å²) in [5.74, 6) is 0.415. The molecule has 0 unspecified atom stereocenters. The van der Waals surface area contributed by atoms with Crippen LogP contribution < -0.4 is 0 Å². The van der Waals surface area contributed by atoms with Crippen molar-refractivity contribution < 1.29 is 9.90 Å². The molecule has 0 radical (unpaired) electrons. The molecule has 1 heterocycles. The zero-order chi connectivity index (χ0) is 14.4. The van der Waals surface area contributed by atoms with Gasteiger partial charge in [0.15, 0.2) is 0 Å². The van der Waals surface area contributed by atoms with E-state index in [4.69, 9.17) is 5.11 Å². The van der Waals surface area contributed by atoms with Gasteiger partial charge < -0.3 is 5.11 Å². The molecule has 0 amide bonds. The van der Waals surface area contributed by atoms with Gasteiger partial charge in [0.2, 0.25) is 0 Å². The molecule has 0 atom stereocenters. The maximum Gasteiger partial charge on any atom is 0.306 e. The van der Waals surface area contributed by atoms with Gasteiger partial charge in [0.1, 0.15) is 5.82 Å². The molecule has 110 valence electrons. The highest BCUT2D eigenvalue weighted by Crippen LogP contribution is 2.34. The van der Waals surface area contributed by atoms with Crippen molar-refractivity contribution >= 4 is 5.97 Å². The van der Waals surface area contributed by atoms with Gasteiger partial charge in [-0.2, -0.15) is 0 Å². The predicted octanol–water partition coefficient (Wildman–Crippen LogP) is 3.57. The minimum absolute atomic E-state index is 0.167. The lowest BCUT2D eigenvalue weighted by atomic mass is 9.81. The summed E-state index contributed by atoms with van der Waals surface area (Å²) in [7, 11) is 0. The van der Waals surface area contributed by atoms with Crippen molar-refractivity contribution in [3.8, 4) is 0 Å². The monoisotopic (exact) mass is 276 g/mol. The molecule has 0 bridgehead atoms. The Balaban J connectivity index is 1.86. The lowest BCUT2D eigenvalue weighted by Gasteiger charge is -2.24. The quantitative estimate of drug-likeness (QED) is 0.807. The molecule has 1 fully saturated rings. The molecule has 4 heteroatoms. The van der Waals surface area contributed by atoms with Crippen LogP contribution in [-0.4, -0.2) is 21.0 Å². The van der Waals surface area contributed by atoms with E-state index >= 15 is 0 Å². The fourth-order valence-electron chi connectivity index (χ4n) is 2.88. The Bertz CT molecular complexity index is 423. The summed E-state index contributed by atoms with van der Waals surface area (Å²) in [5, 5.41) is 9.00. The highest BCUT2D eigenvalue weighted by molar-refractivity contribution is 5.70. The maximum atomic E-state index is 10.9. The smallest absolute Gasteiger partial charge is 0.306 e. The number of nitrogens with zero attached hydrogens (tertiary/aromatic N) is 2. The van der Waals surface area contributed by atoms with E-state index in [9.17, 15) is 4.79 Å². The molecule has 0 aliphatic heterocycles. The number of hydrogen-bond donors (Lipinski definition) is 1. The number of carbonyl (C=O) groups is 1. The molecular weight excluding hydrogens is 252 g/mol. The molecule has 1 N–H and O–H groups in total. The first-order valence-electron chi connectivity index (χ1n) is 7.74. The van der Waals surface area contributed by atoms with Crippen LogP contribution in [0.2, 0.25) is 0 Å². The average molecular weight is 276 g/mol. The van der Waals surface area contributed by atoms with Crippen LogP contribution >= 0.6 is 0 Å². The Labute approximate surface area is 120 Å². The fourth-order valence-corrected chi connectivity index (χ4v) is 2.88. The number of carboxylic acids is 1. The van der Waals surface area contributed by atoms with Gasteiger partial charge in [0.05, 0.1) is 5.92 Å². The number of aryl methyl sites for hydroxylation is 1. The molecule has 20 heavy (non-hydrogen) atoms. The molecule has 4 nitrogen and oxygen atoms in total. The summed E-state index contributed by atoms with van der Waals surface area (Å²) in [6.07, 6.45) is 11.9. The van der Waals surface area contributed by atoms with Gasteiger partial charge in [0, 0.05) is 18.3 Å². The summed E-state index contributed by atoms with van der Waals surface area (Å²) in [5.41, 5.74) is 1.21. The Kier molecular flexibility index (Phi) is 5.50. The van der Waals surface area contributed by atoms with Gasteiger partial charge in [-0.25, -0.2) is 9.97 Å². The van der Waals surface area contributed by atoms with Crippen molar-refractivity contribution in [1.29, 1.82) is 0 Å². The predicted molar refractivity (Wildman–Crippen MR) is 77.6 cm³/mol. The van der Waals surface area contributed by atoms with Crippen LogP contribution in [0.3, 0.4) is 0 Å². The number of carboxylic acid groups (broad SMARTS) is 1. The van der Waals surface area contributed by atoms with Crippen LogP contribution in [0.4, 0.5) is 0 Å². The van der Waals surface area contributed by atoms with Crippen molar-refractivity contribution in [2.24, 2.45) is 5.92 Å². The van der Waals surface area contributed by atoms with Crippen LogP contribution in [-0.2, 0) is 11.2 Å². The van der Waals surface area contributed by atoms with Crippen molar-refractivity contribution in [1.82, 2.24) is 9.97 Å². The van der Waals surface area contributed by atoms with Crippen LogP contribution in [0.25, 0.3) is 0 Å². The van der Waals surface area contributed by atoms with Gasteiger partial charge in [-0.1, -0.05) is 19.8 Å². The Morgan fingerprint density at radius 1 is 1.20 bits per heavy atom. The molecule has 1 aliphatic rings. The molecule has 1 saturated carbocycles. The van der Waals surface area contributed by atoms with Crippen LogP contribution in [0.15, 0.2) is 12.4 Å². The maximum absolute atomic E-state index is 10.9. The first kappa shape index (κ1) is 14.9. The zero-order valence-corrected chi connectivity index (χ0v) is 12.2. The topological polar surface area (TPSA) is 63.1 Å².